The second-order valence-corrected chi connectivity index (χ2v) is 5.56. The summed E-state index contributed by atoms with van der Waals surface area (Å²) in [4.78, 5) is 13.9. The van der Waals surface area contributed by atoms with Crippen LogP contribution in [0.1, 0.15) is 12.0 Å². The molecule has 1 aliphatic rings. The number of amides is 2. The quantitative estimate of drug-likeness (QED) is 0.765. The predicted octanol–water partition coefficient (Wildman–Crippen LogP) is 2.70. The Morgan fingerprint density at radius 2 is 2.04 bits per heavy atom. The highest BCUT2D eigenvalue weighted by Gasteiger charge is 2.31. The summed E-state index contributed by atoms with van der Waals surface area (Å²) in [6.07, 6.45) is -3.86. The molecule has 140 valence electrons. The van der Waals surface area contributed by atoms with Crippen molar-refractivity contribution in [1.82, 2.24) is 5.32 Å². The minimum absolute atomic E-state index is 0.126. The zero-order chi connectivity index (χ0) is 18.3. The smallest absolute Gasteiger partial charge is 0.385 e. The van der Waals surface area contributed by atoms with E-state index in [0.29, 0.717) is 51.6 Å². The van der Waals surface area contributed by atoms with Crippen molar-refractivity contribution in [1.29, 1.82) is 0 Å². The van der Waals surface area contributed by atoms with Gasteiger partial charge in [-0.25, -0.2) is 4.79 Å². The first-order valence-electron chi connectivity index (χ1n) is 7.99. The number of hydrogen-bond donors (Lipinski definition) is 2. The van der Waals surface area contributed by atoms with Crippen molar-refractivity contribution in [2.24, 2.45) is 0 Å². The number of carbonyl (C=O) groups is 1. The van der Waals surface area contributed by atoms with Gasteiger partial charge >= 0.3 is 12.2 Å². The molecule has 0 aromatic heterocycles. The lowest BCUT2D eigenvalue weighted by molar-refractivity contribution is -0.137. The van der Waals surface area contributed by atoms with Gasteiger partial charge in [-0.3, -0.25) is 0 Å². The molecule has 2 amide bonds. The summed E-state index contributed by atoms with van der Waals surface area (Å²) in [6, 6.07) is 2.81. The molecule has 0 aliphatic carbocycles. The van der Waals surface area contributed by atoms with Crippen LogP contribution in [-0.2, 0) is 15.7 Å². The minimum atomic E-state index is -4.48. The summed E-state index contributed by atoms with van der Waals surface area (Å²) in [5, 5.41) is 5.12. The second kappa shape index (κ2) is 8.91. The Hall–Kier alpha value is -2.00. The maximum Gasteiger partial charge on any atom is 0.416 e. The molecule has 0 radical (unpaired) electrons. The van der Waals surface area contributed by atoms with Gasteiger partial charge in [-0.15, -0.1) is 0 Å². The highest BCUT2D eigenvalue weighted by molar-refractivity contribution is 5.93. The van der Waals surface area contributed by atoms with Gasteiger partial charge in [-0.05, 0) is 24.6 Å². The van der Waals surface area contributed by atoms with Crippen LogP contribution in [0.2, 0.25) is 0 Å². The predicted molar refractivity (Wildman–Crippen MR) is 88.0 cm³/mol. The highest BCUT2D eigenvalue weighted by atomic mass is 19.4. The molecule has 0 unspecified atom stereocenters. The van der Waals surface area contributed by atoms with E-state index < -0.39 is 17.8 Å². The summed E-state index contributed by atoms with van der Waals surface area (Å²) < 4.78 is 49.1. The number of alkyl halides is 3. The standard InChI is InChI=1S/C16H22F3N3O3/c1-24-8-2-5-20-15(23)21-13-11-12(16(17,18)19)3-4-14(13)22-6-9-25-10-7-22/h3-4,11H,2,5-10H2,1H3,(H2,20,21,23). The Bertz CT molecular complexity index is 575. The van der Waals surface area contributed by atoms with E-state index in [1.165, 1.54) is 6.07 Å². The maximum absolute atomic E-state index is 13.0. The van der Waals surface area contributed by atoms with Gasteiger partial charge in [-0.1, -0.05) is 0 Å². The zero-order valence-corrected chi connectivity index (χ0v) is 14.0. The molecular weight excluding hydrogens is 339 g/mol. The Morgan fingerprint density at radius 3 is 2.68 bits per heavy atom. The van der Waals surface area contributed by atoms with E-state index in [0.717, 1.165) is 12.1 Å². The molecule has 2 rings (SSSR count). The fraction of sp³-hybridized carbons (Fsp3) is 0.562. The minimum Gasteiger partial charge on any atom is -0.385 e. The highest BCUT2D eigenvalue weighted by Crippen LogP contribution is 2.35. The van der Waals surface area contributed by atoms with Gasteiger partial charge in [0.15, 0.2) is 0 Å². The fourth-order valence-electron chi connectivity index (χ4n) is 2.48. The molecule has 2 N–H and O–H groups in total. The molecular formula is C16H22F3N3O3. The van der Waals surface area contributed by atoms with Crippen molar-refractivity contribution in [3.63, 3.8) is 0 Å². The third-order valence-corrected chi connectivity index (χ3v) is 3.73. The summed E-state index contributed by atoms with van der Waals surface area (Å²) in [7, 11) is 1.55. The lowest BCUT2D eigenvalue weighted by Crippen LogP contribution is -2.37. The van der Waals surface area contributed by atoms with Crippen molar-refractivity contribution in [3.8, 4) is 0 Å². The molecule has 1 heterocycles. The zero-order valence-electron chi connectivity index (χ0n) is 14.0. The number of morpholine rings is 1. The lowest BCUT2D eigenvalue weighted by atomic mass is 10.1. The van der Waals surface area contributed by atoms with Crippen LogP contribution in [0.4, 0.5) is 29.3 Å². The second-order valence-electron chi connectivity index (χ2n) is 5.56. The van der Waals surface area contributed by atoms with Crippen LogP contribution < -0.4 is 15.5 Å². The molecule has 1 saturated heterocycles. The van der Waals surface area contributed by atoms with Gasteiger partial charge in [0.2, 0.25) is 0 Å². The number of benzene rings is 1. The Kier molecular flexibility index (Phi) is 6.89. The first kappa shape index (κ1) is 19.3. The Balaban J connectivity index is 2.14. The van der Waals surface area contributed by atoms with Crippen molar-refractivity contribution >= 4 is 17.4 Å². The molecule has 0 bridgehead atoms. The number of ether oxygens (including phenoxy) is 2. The average molecular weight is 361 g/mol. The molecule has 0 spiro atoms. The SMILES string of the molecule is COCCCNC(=O)Nc1cc(C(F)(F)F)ccc1N1CCOCC1. The molecule has 6 nitrogen and oxygen atoms in total. The van der Waals surface area contributed by atoms with Crippen LogP contribution in [0.3, 0.4) is 0 Å². The third kappa shape index (κ3) is 5.79. The number of nitrogens with zero attached hydrogens (tertiary/aromatic N) is 1. The maximum atomic E-state index is 13.0. The van der Waals surface area contributed by atoms with E-state index in [2.05, 4.69) is 10.6 Å². The van der Waals surface area contributed by atoms with Gasteiger partial charge in [-0.2, -0.15) is 13.2 Å². The van der Waals surface area contributed by atoms with Crippen LogP contribution in [0.5, 0.6) is 0 Å². The van der Waals surface area contributed by atoms with Crippen LogP contribution in [0.15, 0.2) is 18.2 Å². The fourth-order valence-corrected chi connectivity index (χ4v) is 2.48. The number of hydrogen-bond acceptors (Lipinski definition) is 4. The van der Waals surface area contributed by atoms with Gasteiger partial charge in [0.05, 0.1) is 30.2 Å². The molecule has 1 fully saturated rings. The molecule has 25 heavy (non-hydrogen) atoms. The topological polar surface area (TPSA) is 62.8 Å². The van der Waals surface area contributed by atoms with Gasteiger partial charge < -0.3 is 25.0 Å². The molecule has 1 aromatic rings. The lowest BCUT2D eigenvalue weighted by Gasteiger charge is -2.31. The summed E-state index contributed by atoms with van der Waals surface area (Å²) in [5.74, 6) is 0. The largest absolute Gasteiger partial charge is 0.416 e. The third-order valence-electron chi connectivity index (χ3n) is 3.73. The van der Waals surface area contributed by atoms with E-state index in [4.69, 9.17) is 9.47 Å². The normalized spacial score (nSPS) is 15.1. The first-order chi connectivity index (χ1) is 11.9. The van der Waals surface area contributed by atoms with Gasteiger partial charge in [0.1, 0.15) is 0 Å². The number of anilines is 2. The monoisotopic (exact) mass is 361 g/mol. The van der Waals surface area contributed by atoms with E-state index >= 15 is 0 Å². The van der Waals surface area contributed by atoms with E-state index in [1.54, 1.807) is 7.11 Å². The van der Waals surface area contributed by atoms with E-state index in [1.807, 2.05) is 4.90 Å². The van der Waals surface area contributed by atoms with Crippen LogP contribution >= 0.6 is 0 Å². The molecule has 0 atom stereocenters. The number of urea groups is 1. The first-order valence-corrected chi connectivity index (χ1v) is 7.99. The van der Waals surface area contributed by atoms with Crippen LogP contribution in [0.25, 0.3) is 0 Å². The van der Waals surface area contributed by atoms with Crippen molar-refractivity contribution in [2.45, 2.75) is 12.6 Å². The summed E-state index contributed by atoms with van der Waals surface area (Å²) in [6.45, 7) is 2.94. The van der Waals surface area contributed by atoms with E-state index in [9.17, 15) is 18.0 Å². The number of halogens is 3. The van der Waals surface area contributed by atoms with Gasteiger partial charge in [0.25, 0.3) is 0 Å². The Labute approximate surface area is 144 Å². The number of carbonyl (C=O) groups excluding carboxylic acids is 1. The number of rotatable bonds is 6. The van der Waals surface area contributed by atoms with Crippen LogP contribution in [-0.4, -0.2) is 52.6 Å². The molecule has 1 aliphatic heterocycles. The summed E-state index contributed by atoms with van der Waals surface area (Å²) in [5.41, 5.74) is -0.136. The average Bonchev–Trinajstić information content (AvgIpc) is 2.59. The summed E-state index contributed by atoms with van der Waals surface area (Å²) >= 11 is 0. The van der Waals surface area contributed by atoms with Crippen molar-refractivity contribution in [3.05, 3.63) is 23.8 Å². The Morgan fingerprint density at radius 1 is 1.32 bits per heavy atom. The van der Waals surface area contributed by atoms with Crippen LogP contribution in [0, 0.1) is 0 Å². The van der Waals surface area contributed by atoms with Gasteiger partial charge in [0, 0.05) is 33.4 Å². The van der Waals surface area contributed by atoms with Crippen molar-refractivity contribution < 1.29 is 27.4 Å². The molecule has 9 heteroatoms. The number of methoxy groups -OCH3 is 1. The molecule has 1 aromatic carbocycles. The van der Waals surface area contributed by atoms with Crippen molar-refractivity contribution in [2.75, 3.05) is 56.8 Å². The number of nitrogens with one attached hydrogen (secondary N) is 2. The van der Waals surface area contributed by atoms with E-state index in [-0.39, 0.29) is 5.69 Å². The molecule has 0 saturated carbocycles.